The highest BCUT2D eigenvalue weighted by Crippen LogP contribution is 2.24. The fourth-order valence-electron chi connectivity index (χ4n) is 2.34. The lowest BCUT2D eigenvalue weighted by molar-refractivity contribution is 0.306. The second kappa shape index (κ2) is 5.85. The summed E-state index contributed by atoms with van der Waals surface area (Å²) in [5, 5.41) is 8.51. The number of hydrogen-bond donors (Lipinski definition) is 2. The number of amidine groups is 1. The Kier molecular flexibility index (Phi) is 3.74. The Morgan fingerprint density at radius 2 is 1.91 bits per heavy atom. The molecule has 0 saturated carbocycles. The van der Waals surface area contributed by atoms with Crippen molar-refractivity contribution in [3.63, 3.8) is 0 Å². The number of nitrogens with one attached hydrogen (secondary N) is 1. The molecule has 3 N–H and O–H groups in total. The van der Waals surface area contributed by atoms with Gasteiger partial charge in [-0.1, -0.05) is 30.3 Å². The monoisotopic (exact) mass is 291 g/mol. The van der Waals surface area contributed by atoms with Crippen molar-refractivity contribution in [2.75, 3.05) is 0 Å². The normalized spacial score (nSPS) is 10.6. The standard InChI is InChI=1S/C18H17N3O/c1-12-9-17(18(19)20)21-16-8-7-14(10-15(12)16)22-11-13-5-3-2-4-6-13/h2-10H,11H2,1H3,(H3,19,20). The van der Waals surface area contributed by atoms with Crippen molar-refractivity contribution in [3.05, 3.63) is 71.4 Å². The molecule has 0 aliphatic heterocycles. The first-order valence-electron chi connectivity index (χ1n) is 7.06. The van der Waals surface area contributed by atoms with Gasteiger partial charge in [0.2, 0.25) is 0 Å². The van der Waals surface area contributed by atoms with Crippen LogP contribution in [0.2, 0.25) is 0 Å². The van der Waals surface area contributed by atoms with Crippen LogP contribution in [0.1, 0.15) is 16.8 Å². The summed E-state index contributed by atoms with van der Waals surface area (Å²) in [5.41, 5.74) is 8.99. The summed E-state index contributed by atoms with van der Waals surface area (Å²) in [7, 11) is 0. The number of nitrogens with two attached hydrogens (primary N) is 1. The smallest absolute Gasteiger partial charge is 0.141 e. The van der Waals surface area contributed by atoms with Crippen LogP contribution in [-0.4, -0.2) is 10.8 Å². The summed E-state index contributed by atoms with van der Waals surface area (Å²) in [6.45, 7) is 2.52. The fraction of sp³-hybridized carbons (Fsp3) is 0.111. The van der Waals surface area contributed by atoms with Gasteiger partial charge in [-0.05, 0) is 42.3 Å². The Morgan fingerprint density at radius 1 is 1.14 bits per heavy atom. The molecule has 0 unspecified atom stereocenters. The molecule has 0 atom stereocenters. The molecule has 2 aromatic carbocycles. The Morgan fingerprint density at radius 3 is 2.64 bits per heavy atom. The van der Waals surface area contributed by atoms with Gasteiger partial charge >= 0.3 is 0 Å². The highest BCUT2D eigenvalue weighted by Gasteiger charge is 2.06. The number of nitrogens with zero attached hydrogens (tertiary/aromatic N) is 1. The second-order valence-electron chi connectivity index (χ2n) is 5.19. The molecule has 22 heavy (non-hydrogen) atoms. The van der Waals surface area contributed by atoms with Crippen molar-refractivity contribution in [2.24, 2.45) is 5.73 Å². The third-order valence-electron chi connectivity index (χ3n) is 3.51. The molecule has 3 aromatic rings. The number of ether oxygens (including phenoxy) is 1. The summed E-state index contributed by atoms with van der Waals surface area (Å²) in [5.74, 6) is 0.784. The molecular weight excluding hydrogens is 274 g/mol. The first-order chi connectivity index (χ1) is 10.6. The highest BCUT2D eigenvalue weighted by molar-refractivity contribution is 5.96. The van der Waals surface area contributed by atoms with E-state index in [0.717, 1.165) is 27.8 Å². The molecule has 0 spiro atoms. The van der Waals surface area contributed by atoms with E-state index >= 15 is 0 Å². The molecule has 0 fully saturated rings. The molecule has 0 radical (unpaired) electrons. The minimum absolute atomic E-state index is 0.0191. The lowest BCUT2D eigenvalue weighted by Crippen LogP contribution is -2.13. The number of nitrogen functional groups attached to an aromatic ring is 1. The summed E-state index contributed by atoms with van der Waals surface area (Å²) in [6, 6.07) is 17.6. The van der Waals surface area contributed by atoms with E-state index in [1.165, 1.54) is 0 Å². The largest absolute Gasteiger partial charge is 0.489 e. The first kappa shape index (κ1) is 14.1. The third kappa shape index (κ3) is 2.91. The maximum atomic E-state index is 7.50. The van der Waals surface area contributed by atoms with E-state index in [0.29, 0.717) is 12.3 Å². The highest BCUT2D eigenvalue weighted by atomic mass is 16.5. The summed E-state index contributed by atoms with van der Waals surface area (Å²) in [6.07, 6.45) is 0. The molecule has 0 saturated heterocycles. The van der Waals surface area contributed by atoms with Gasteiger partial charge in [0.05, 0.1) is 5.52 Å². The van der Waals surface area contributed by atoms with Crippen LogP contribution in [0, 0.1) is 12.3 Å². The predicted octanol–water partition coefficient (Wildman–Crippen LogP) is 3.41. The number of rotatable bonds is 4. The Hall–Kier alpha value is -2.88. The van der Waals surface area contributed by atoms with Gasteiger partial charge in [0, 0.05) is 5.39 Å². The molecule has 0 aliphatic carbocycles. The van der Waals surface area contributed by atoms with Gasteiger partial charge < -0.3 is 10.5 Å². The van der Waals surface area contributed by atoms with Crippen LogP contribution in [0.25, 0.3) is 10.9 Å². The number of aromatic nitrogens is 1. The quantitative estimate of drug-likeness (QED) is 0.571. The molecule has 1 aromatic heterocycles. The molecule has 0 amide bonds. The van der Waals surface area contributed by atoms with Crippen molar-refractivity contribution in [1.82, 2.24) is 4.98 Å². The van der Waals surface area contributed by atoms with Crippen molar-refractivity contribution in [3.8, 4) is 5.75 Å². The molecule has 0 aliphatic rings. The lowest BCUT2D eigenvalue weighted by Gasteiger charge is -2.09. The molecule has 1 heterocycles. The zero-order valence-electron chi connectivity index (χ0n) is 12.3. The van der Waals surface area contributed by atoms with Gasteiger partial charge in [0.1, 0.15) is 23.9 Å². The zero-order valence-corrected chi connectivity index (χ0v) is 12.3. The van der Waals surface area contributed by atoms with Gasteiger partial charge in [0.25, 0.3) is 0 Å². The van der Waals surface area contributed by atoms with Crippen molar-refractivity contribution in [1.29, 1.82) is 5.41 Å². The molecule has 0 bridgehead atoms. The molecule has 3 rings (SSSR count). The van der Waals surface area contributed by atoms with E-state index in [1.807, 2.05) is 61.5 Å². The third-order valence-corrected chi connectivity index (χ3v) is 3.51. The summed E-state index contributed by atoms with van der Waals surface area (Å²) < 4.78 is 5.84. The number of benzene rings is 2. The van der Waals surface area contributed by atoms with Crippen molar-refractivity contribution >= 4 is 16.7 Å². The number of pyridine rings is 1. The maximum absolute atomic E-state index is 7.50. The van der Waals surface area contributed by atoms with Gasteiger partial charge in [0.15, 0.2) is 0 Å². The van der Waals surface area contributed by atoms with Crippen LogP contribution < -0.4 is 10.5 Å². The SMILES string of the molecule is Cc1cc(C(=N)N)nc2ccc(OCc3ccccc3)cc12. The summed E-state index contributed by atoms with van der Waals surface area (Å²) in [4.78, 5) is 4.39. The average molecular weight is 291 g/mol. The van der Waals surface area contributed by atoms with E-state index in [2.05, 4.69) is 4.98 Å². The first-order valence-corrected chi connectivity index (χ1v) is 7.06. The molecule has 4 heteroatoms. The Labute approximate surface area is 129 Å². The second-order valence-corrected chi connectivity index (χ2v) is 5.19. The summed E-state index contributed by atoms with van der Waals surface area (Å²) >= 11 is 0. The van der Waals surface area contributed by atoms with E-state index in [-0.39, 0.29) is 5.84 Å². The van der Waals surface area contributed by atoms with E-state index in [1.54, 1.807) is 0 Å². The minimum atomic E-state index is -0.0191. The van der Waals surface area contributed by atoms with Crippen LogP contribution in [0.3, 0.4) is 0 Å². The number of aryl methyl sites for hydroxylation is 1. The zero-order chi connectivity index (χ0) is 15.5. The lowest BCUT2D eigenvalue weighted by atomic mass is 10.1. The van der Waals surface area contributed by atoms with Crippen molar-refractivity contribution < 1.29 is 4.74 Å². The van der Waals surface area contributed by atoms with Gasteiger partial charge in [-0.2, -0.15) is 0 Å². The van der Waals surface area contributed by atoms with E-state index < -0.39 is 0 Å². The van der Waals surface area contributed by atoms with Crippen LogP contribution >= 0.6 is 0 Å². The maximum Gasteiger partial charge on any atom is 0.141 e. The van der Waals surface area contributed by atoms with Crippen molar-refractivity contribution in [2.45, 2.75) is 13.5 Å². The van der Waals surface area contributed by atoms with E-state index in [4.69, 9.17) is 15.9 Å². The van der Waals surface area contributed by atoms with Crippen LogP contribution in [-0.2, 0) is 6.61 Å². The minimum Gasteiger partial charge on any atom is -0.489 e. The van der Waals surface area contributed by atoms with E-state index in [9.17, 15) is 0 Å². The van der Waals surface area contributed by atoms with Crippen LogP contribution in [0.5, 0.6) is 5.75 Å². The predicted molar refractivity (Wildman–Crippen MR) is 88.3 cm³/mol. The average Bonchev–Trinajstić information content (AvgIpc) is 2.54. The van der Waals surface area contributed by atoms with Gasteiger partial charge in [-0.15, -0.1) is 0 Å². The van der Waals surface area contributed by atoms with Gasteiger partial charge in [-0.25, -0.2) is 4.98 Å². The Bertz CT molecular complexity index is 828. The Balaban J connectivity index is 1.88. The number of hydrogen-bond acceptors (Lipinski definition) is 3. The van der Waals surface area contributed by atoms with Crippen LogP contribution in [0.15, 0.2) is 54.6 Å². The fourth-order valence-corrected chi connectivity index (χ4v) is 2.34. The van der Waals surface area contributed by atoms with Crippen LogP contribution in [0.4, 0.5) is 0 Å². The molecular formula is C18H17N3O. The molecule has 4 nitrogen and oxygen atoms in total. The molecule has 110 valence electrons. The topological polar surface area (TPSA) is 72.0 Å². The number of fused-ring (bicyclic) bond motifs is 1. The van der Waals surface area contributed by atoms with Gasteiger partial charge in [-0.3, -0.25) is 5.41 Å².